The first-order chi connectivity index (χ1) is 19.2. The molecule has 2 bridgehead atoms. The molecule has 2 saturated heterocycles. The van der Waals surface area contributed by atoms with Crippen LogP contribution >= 0.6 is 11.3 Å². The average molecular weight is 560 g/mol. The molecule has 0 aliphatic carbocycles. The van der Waals surface area contributed by atoms with E-state index in [2.05, 4.69) is 16.0 Å². The van der Waals surface area contributed by atoms with Gasteiger partial charge in [0.1, 0.15) is 28.1 Å². The Kier molecular flexibility index (Phi) is 7.79. The second-order valence-corrected chi connectivity index (χ2v) is 11.3. The fraction of sp³-hybridized carbons (Fsp3) is 0.400. The Hall–Kier alpha value is -3.94. The maximum atomic E-state index is 13.4. The Bertz CT molecular complexity index is 1530. The van der Waals surface area contributed by atoms with Gasteiger partial charge in [-0.3, -0.25) is 14.5 Å². The average Bonchev–Trinajstić information content (AvgIpc) is 3.57. The Morgan fingerprint density at radius 3 is 2.35 bits per heavy atom. The Labute approximate surface area is 237 Å². The van der Waals surface area contributed by atoms with Gasteiger partial charge < -0.3 is 18.9 Å². The van der Waals surface area contributed by atoms with Gasteiger partial charge in [0, 0.05) is 67.7 Å². The number of aromatic nitrogens is 2. The number of likely N-dealkylation sites (tertiary alicyclic amines) is 1. The summed E-state index contributed by atoms with van der Waals surface area (Å²) < 4.78 is 13.3. The number of amides is 1. The standard InChI is InChI=1S/C30H33N5O4S/c1-18-19(2)29(36)33(3)16-24(18)20-10-26(38-4)25(27(11-20)39-5)17-34-14-22-6-7-23(15-34)35(22)30(37)21(13-31)12-28-32-8-9-40-28/h8-12,16,22-23H,6-7,14-15,17H2,1-5H3/b21-12+. The molecule has 5 rings (SSSR count). The van der Waals surface area contributed by atoms with Crippen LogP contribution in [0.2, 0.25) is 0 Å². The van der Waals surface area contributed by atoms with Gasteiger partial charge in [-0.25, -0.2) is 4.98 Å². The van der Waals surface area contributed by atoms with E-state index in [1.54, 1.807) is 38.1 Å². The summed E-state index contributed by atoms with van der Waals surface area (Å²) in [5.41, 5.74) is 4.57. The molecule has 2 atom stereocenters. The fourth-order valence-corrected chi connectivity index (χ4v) is 6.52. The van der Waals surface area contributed by atoms with E-state index in [0.717, 1.165) is 35.1 Å². The summed E-state index contributed by atoms with van der Waals surface area (Å²) in [6.07, 6.45) is 6.91. The van der Waals surface area contributed by atoms with Crippen molar-refractivity contribution in [1.29, 1.82) is 5.26 Å². The first-order valence-corrected chi connectivity index (χ1v) is 14.1. The highest BCUT2D eigenvalue weighted by Crippen LogP contribution is 2.39. The lowest BCUT2D eigenvalue weighted by atomic mass is 9.97. The topological polar surface area (TPSA) is 101 Å². The number of ether oxygens (including phenoxy) is 2. The van der Waals surface area contributed by atoms with Crippen LogP contribution in [0.15, 0.2) is 40.3 Å². The molecule has 9 nitrogen and oxygen atoms in total. The monoisotopic (exact) mass is 559 g/mol. The van der Waals surface area contributed by atoms with Crippen LogP contribution in [-0.2, 0) is 18.4 Å². The van der Waals surface area contributed by atoms with Crippen LogP contribution in [0.5, 0.6) is 11.5 Å². The van der Waals surface area contributed by atoms with E-state index >= 15 is 0 Å². The van der Waals surface area contributed by atoms with E-state index in [1.807, 2.05) is 42.5 Å². The SMILES string of the molecule is COc1cc(-c2cn(C)c(=O)c(C)c2C)cc(OC)c1CN1CC2CCC(C1)N2C(=O)/C(C#N)=C/c1nccs1. The third-order valence-electron chi connectivity index (χ3n) is 8.09. The molecule has 1 amide bonds. The van der Waals surface area contributed by atoms with Crippen molar-refractivity contribution >= 4 is 23.3 Å². The molecular formula is C30H33N5O4S. The zero-order valence-corrected chi connectivity index (χ0v) is 24.2. The lowest BCUT2D eigenvalue weighted by Gasteiger charge is -2.41. The molecule has 3 aromatic rings. The normalized spacial score (nSPS) is 19.0. The second kappa shape index (κ2) is 11.3. The number of pyridine rings is 1. The highest BCUT2D eigenvalue weighted by atomic mass is 32.1. The van der Waals surface area contributed by atoms with Crippen molar-refractivity contribution in [1.82, 2.24) is 19.4 Å². The van der Waals surface area contributed by atoms with Gasteiger partial charge in [-0.05, 0) is 56.0 Å². The van der Waals surface area contributed by atoms with Crippen molar-refractivity contribution in [2.45, 2.75) is 45.3 Å². The first kappa shape index (κ1) is 27.6. The van der Waals surface area contributed by atoms with Crippen LogP contribution in [0.25, 0.3) is 17.2 Å². The molecule has 2 fully saturated rings. The number of hydrogen-bond donors (Lipinski definition) is 0. The predicted molar refractivity (Wildman–Crippen MR) is 154 cm³/mol. The summed E-state index contributed by atoms with van der Waals surface area (Å²) in [6.45, 7) is 5.81. The van der Waals surface area contributed by atoms with E-state index < -0.39 is 0 Å². The van der Waals surface area contributed by atoms with Crippen LogP contribution in [0.3, 0.4) is 0 Å². The van der Waals surface area contributed by atoms with E-state index in [-0.39, 0.29) is 29.1 Å². The van der Waals surface area contributed by atoms with Crippen molar-refractivity contribution in [3.05, 3.63) is 67.5 Å². The summed E-state index contributed by atoms with van der Waals surface area (Å²) in [4.78, 5) is 34.2. The number of hydrogen-bond acceptors (Lipinski definition) is 8. The van der Waals surface area contributed by atoms with Crippen LogP contribution in [0.4, 0.5) is 0 Å². The van der Waals surface area contributed by atoms with Crippen LogP contribution < -0.4 is 15.0 Å². The van der Waals surface area contributed by atoms with Gasteiger partial charge in [0.05, 0.1) is 19.8 Å². The Balaban J connectivity index is 1.39. The zero-order chi connectivity index (χ0) is 28.6. The molecule has 208 valence electrons. The molecule has 2 aromatic heterocycles. The maximum Gasteiger partial charge on any atom is 0.265 e. The molecule has 2 aliphatic rings. The molecule has 1 aromatic carbocycles. The van der Waals surface area contributed by atoms with Crippen molar-refractivity contribution in [3.8, 4) is 28.7 Å². The quantitative estimate of drug-likeness (QED) is 0.319. The number of carbonyl (C=O) groups is 1. The van der Waals surface area contributed by atoms with Crippen molar-refractivity contribution in [2.24, 2.45) is 7.05 Å². The summed E-state index contributed by atoms with van der Waals surface area (Å²) in [6, 6.07) is 6.16. The minimum atomic E-state index is -0.215. The van der Waals surface area contributed by atoms with Gasteiger partial charge in [0.2, 0.25) is 0 Å². The number of rotatable bonds is 7. The number of nitriles is 1. The summed E-state index contributed by atoms with van der Waals surface area (Å²) in [7, 11) is 5.06. The number of fused-ring (bicyclic) bond motifs is 2. The zero-order valence-electron chi connectivity index (χ0n) is 23.4. The fourth-order valence-electron chi connectivity index (χ4n) is 5.95. The summed E-state index contributed by atoms with van der Waals surface area (Å²) in [5, 5.41) is 12.2. The molecule has 0 N–H and O–H groups in total. The molecule has 40 heavy (non-hydrogen) atoms. The molecule has 0 radical (unpaired) electrons. The minimum absolute atomic E-state index is 0.00961. The van der Waals surface area contributed by atoms with Crippen LogP contribution in [-0.4, -0.2) is 64.7 Å². The van der Waals surface area contributed by atoms with Crippen LogP contribution in [0, 0.1) is 25.2 Å². The number of thiazole rings is 1. The third-order valence-corrected chi connectivity index (χ3v) is 8.82. The van der Waals surface area contributed by atoms with E-state index in [0.29, 0.717) is 41.7 Å². The summed E-state index contributed by atoms with van der Waals surface area (Å²) in [5.74, 6) is 1.21. The third kappa shape index (κ3) is 5.03. The molecule has 10 heteroatoms. The van der Waals surface area contributed by atoms with Crippen molar-refractivity contribution in [2.75, 3.05) is 27.3 Å². The Morgan fingerprint density at radius 2 is 1.80 bits per heavy atom. The van der Waals surface area contributed by atoms with Crippen LogP contribution in [0.1, 0.15) is 34.5 Å². The number of carbonyl (C=O) groups excluding carboxylic acids is 1. The highest BCUT2D eigenvalue weighted by molar-refractivity contribution is 7.10. The van der Waals surface area contributed by atoms with Crippen molar-refractivity contribution < 1.29 is 14.3 Å². The largest absolute Gasteiger partial charge is 0.496 e. The Morgan fingerprint density at radius 1 is 1.15 bits per heavy atom. The molecule has 2 aliphatic heterocycles. The van der Waals surface area contributed by atoms with Gasteiger partial charge in [-0.2, -0.15) is 5.26 Å². The molecule has 4 heterocycles. The smallest absolute Gasteiger partial charge is 0.265 e. The van der Waals surface area contributed by atoms with E-state index in [1.165, 1.54) is 11.3 Å². The predicted octanol–water partition coefficient (Wildman–Crippen LogP) is 3.93. The van der Waals surface area contributed by atoms with Gasteiger partial charge in [0.25, 0.3) is 11.5 Å². The second-order valence-electron chi connectivity index (χ2n) is 10.4. The number of aryl methyl sites for hydroxylation is 1. The van der Waals surface area contributed by atoms with Gasteiger partial charge in [-0.1, -0.05) is 0 Å². The molecule has 0 saturated carbocycles. The molecule has 2 unspecified atom stereocenters. The highest BCUT2D eigenvalue weighted by Gasteiger charge is 2.43. The van der Waals surface area contributed by atoms with Gasteiger partial charge in [-0.15, -0.1) is 11.3 Å². The number of benzene rings is 1. The van der Waals surface area contributed by atoms with E-state index in [4.69, 9.17) is 9.47 Å². The van der Waals surface area contributed by atoms with Gasteiger partial charge in [0.15, 0.2) is 0 Å². The lowest BCUT2D eigenvalue weighted by Crippen LogP contribution is -2.55. The molecular weight excluding hydrogens is 526 g/mol. The summed E-state index contributed by atoms with van der Waals surface area (Å²) >= 11 is 1.40. The number of piperazine rings is 1. The van der Waals surface area contributed by atoms with E-state index in [9.17, 15) is 14.9 Å². The first-order valence-electron chi connectivity index (χ1n) is 13.2. The van der Waals surface area contributed by atoms with Gasteiger partial charge >= 0.3 is 0 Å². The molecule has 0 spiro atoms. The lowest BCUT2D eigenvalue weighted by molar-refractivity contribution is -0.132. The number of nitrogens with zero attached hydrogens (tertiary/aromatic N) is 5. The minimum Gasteiger partial charge on any atom is -0.496 e. The maximum absolute atomic E-state index is 13.4. The number of methoxy groups -OCH3 is 2. The van der Waals surface area contributed by atoms with Crippen molar-refractivity contribution in [3.63, 3.8) is 0 Å².